The lowest BCUT2D eigenvalue weighted by Crippen LogP contribution is -2.32. The number of hydrogen-bond acceptors (Lipinski definition) is 6. The Labute approximate surface area is 168 Å². The van der Waals surface area contributed by atoms with Crippen molar-refractivity contribution in [1.29, 1.82) is 0 Å². The molecule has 0 bridgehead atoms. The van der Waals surface area contributed by atoms with Crippen molar-refractivity contribution >= 4 is 17.3 Å². The Bertz CT molecular complexity index is 1080. The summed E-state index contributed by atoms with van der Waals surface area (Å²) in [5, 5.41) is 7.57. The fourth-order valence-corrected chi connectivity index (χ4v) is 2.88. The molecule has 0 saturated heterocycles. The van der Waals surface area contributed by atoms with Gasteiger partial charge in [-0.05, 0) is 31.2 Å². The molecule has 0 saturated carbocycles. The van der Waals surface area contributed by atoms with Gasteiger partial charge in [0.2, 0.25) is 0 Å². The number of aromatic nitrogens is 3. The molecule has 2 heterocycles. The van der Waals surface area contributed by atoms with Crippen LogP contribution in [0.25, 0.3) is 11.3 Å². The van der Waals surface area contributed by atoms with Crippen molar-refractivity contribution in [2.24, 2.45) is 0 Å². The number of pyridine rings is 1. The number of nitrogens with one attached hydrogen (secondary N) is 1. The van der Waals surface area contributed by atoms with Gasteiger partial charge in [0.1, 0.15) is 17.1 Å². The van der Waals surface area contributed by atoms with E-state index in [1.165, 1.54) is 9.58 Å². The average Bonchev–Trinajstić information content (AvgIpc) is 2.75. The topological polar surface area (TPSA) is 89.3 Å². The van der Waals surface area contributed by atoms with Gasteiger partial charge in [-0.3, -0.25) is 14.6 Å². The maximum atomic E-state index is 13.1. The summed E-state index contributed by atoms with van der Waals surface area (Å²) >= 11 is 0. The Kier molecular flexibility index (Phi) is 5.92. The Hall–Kier alpha value is -3.68. The van der Waals surface area contributed by atoms with Crippen LogP contribution in [0.1, 0.15) is 17.3 Å². The zero-order valence-corrected chi connectivity index (χ0v) is 16.8. The number of rotatable bonds is 6. The molecule has 2 aromatic heterocycles. The third kappa shape index (κ3) is 4.11. The summed E-state index contributed by atoms with van der Waals surface area (Å²) in [6.07, 6.45) is 3.26. The molecule has 8 nitrogen and oxygen atoms in total. The number of anilines is 2. The highest BCUT2D eigenvalue weighted by Gasteiger charge is 2.25. The number of ether oxygens (including phenoxy) is 1. The number of carbonyl (C=O) groups excluding carboxylic acids is 1. The molecule has 0 fully saturated rings. The van der Waals surface area contributed by atoms with Gasteiger partial charge in [0.05, 0.1) is 12.7 Å². The predicted molar refractivity (Wildman–Crippen MR) is 112 cm³/mol. The van der Waals surface area contributed by atoms with Crippen molar-refractivity contribution in [2.45, 2.75) is 13.5 Å². The molecular weight excluding hydrogens is 370 g/mol. The second-order valence-electron chi connectivity index (χ2n) is 6.52. The van der Waals surface area contributed by atoms with E-state index in [1.54, 1.807) is 63.9 Å². The summed E-state index contributed by atoms with van der Waals surface area (Å²) in [4.78, 5) is 31.7. The van der Waals surface area contributed by atoms with Crippen molar-refractivity contribution in [2.75, 3.05) is 26.5 Å². The van der Waals surface area contributed by atoms with Gasteiger partial charge in [-0.1, -0.05) is 6.07 Å². The van der Waals surface area contributed by atoms with E-state index in [-0.39, 0.29) is 22.7 Å². The molecule has 1 aromatic carbocycles. The Morgan fingerprint density at radius 1 is 1.24 bits per heavy atom. The molecule has 0 aliphatic heterocycles. The molecule has 0 aliphatic carbocycles. The van der Waals surface area contributed by atoms with Crippen molar-refractivity contribution in [3.8, 4) is 17.0 Å². The maximum Gasteiger partial charge on any atom is 0.291 e. The summed E-state index contributed by atoms with van der Waals surface area (Å²) in [5.41, 5.74) is 1.64. The average molecular weight is 393 g/mol. The monoisotopic (exact) mass is 393 g/mol. The molecule has 29 heavy (non-hydrogen) atoms. The van der Waals surface area contributed by atoms with Gasteiger partial charge in [0.15, 0.2) is 0 Å². The largest absolute Gasteiger partial charge is 0.497 e. The first-order valence-corrected chi connectivity index (χ1v) is 9.14. The minimum absolute atomic E-state index is 0.160. The van der Waals surface area contributed by atoms with E-state index in [4.69, 9.17) is 4.74 Å². The van der Waals surface area contributed by atoms with Crippen LogP contribution in [0.3, 0.4) is 0 Å². The van der Waals surface area contributed by atoms with Gasteiger partial charge in [0, 0.05) is 50.4 Å². The van der Waals surface area contributed by atoms with Gasteiger partial charge < -0.3 is 15.0 Å². The molecule has 0 spiro atoms. The number of methoxy groups -OCH3 is 1. The quantitative estimate of drug-likeness (QED) is 0.693. The van der Waals surface area contributed by atoms with Crippen molar-refractivity contribution < 1.29 is 9.53 Å². The first-order valence-electron chi connectivity index (χ1n) is 9.14. The lowest BCUT2D eigenvalue weighted by atomic mass is 10.1. The summed E-state index contributed by atoms with van der Waals surface area (Å²) in [6.45, 7) is 2.18. The minimum atomic E-state index is -0.381. The van der Waals surface area contributed by atoms with Crippen molar-refractivity contribution in [3.63, 3.8) is 0 Å². The molecule has 0 aliphatic rings. The van der Waals surface area contributed by atoms with Crippen LogP contribution >= 0.6 is 0 Å². The summed E-state index contributed by atoms with van der Waals surface area (Å²) in [6, 6.07) is 10.7. The van der Waals surface area contributed by atoms with Crippen LogP contribution in [0.5, 0.6) is 5.75 Å². The number of nitrogens with zero attached hydrogens (tertiary/aromatic N) is 4. The highest BCUT2D eigenvalue weighted by molar-refractivity contribution is 6.05. The Morgan fingerprint density at radius 3 is 2.66 bits per heavy atom. The molecule has 3 aromatic rings. The molecule has 1 amide bonds. The van der Waals surface area contributed by atoms with Crippen LogP contribution in [-0.2, 0) is 6.54 Å². The zero-order valence-electron chi connectivity index (χ0n) is 16.8. The fourth-order valence-electron chi connectivity index (χ4n) is 2.88. The SMILES string of the molecule is CCn1nc(-c2cccnc2)c(C(=O)N(C)C)c(Nc2cccc(OC)c2)c1=O. The number of aryl methyl sites for hydroxylation is 1. The first kappa shape index (κ1) is 20.1. The highest BCUT2D eigenvalue weighted by atomic mass is 16.5. The molecule has 0 radical (unpaired) electrons. The van der Waals surface area contributed by atoms with Gasteiger partial charge in [-0.25, -0.2) is 4.68 Å². The second-order valence-corrected chi connectivity index (χ2v) is 6.52. The number of benzene rings is 1. The smallest absolute Gasteiger partial charge is 0.291 e. The van der Waals surface area contributed by atoms with E-state index in [2.05, 4.69) is 15.4 Å². The van der Waals surface area contributed by atoms with E-state index in [9.17, 15) is 9.59 Å². The van der Waals surface area contributed by atoms with Gasteiger partial charge >= 0.3 is 0 Å². The first-order chi connectivity index (χ1) is 14.0. The van der Waals surface area contributed by atoms with E-state index >= 15 is 0 Å². The van der Waals surface area contributed by atoms with E-state index in [1.807, 2.05) is 13.0 Å². The van der Waals surface area contributed by atoms with Crippen LogP contribution in [0, 0.1) is 0 Å². The van der Waals surface area contributed by atoms with E-state index < -0.39 is 0 Å². The normalized spacial score (nSPS) is 10.5. The van der Waals surface area contributed by atoms with Gasteiger partial charge in [0.25, 0.3) is 11.5 Å². The van der Waals surface area contributed by atoms with Crippen LogP contribution in [0.4, 0.5) is 11.4 Å². The zero-order chi connectivity index (χ0) is 21.0. The molecule has 0 atom stereocenters. The lowest BCUT2D eigenvalue weighted by Gasteiger charge is -2.19. The minimum Gasteiger partial charge on any atom is -0.497 e. The fraction of sp³-hybridized carbons (Fsp3) is 0.238. The lowest BCUT2D eigenvalue weighted by molar-refractivity contribution is 0.0828. The molecule has 0 unspecified atom stereocenters. The number of amides is 1. The number of hydrogen-bond donors (Lipinski definition) is 1. The van der Waals surface area contributed by atoms with Crippen molar-refractivity contribution in [3.05, 3.63) is 64.7 Å². The molecule has 150 valence electrons. The Balaban J connectivity index is 2.29. The van der Waals surface area contributed by atoms with Crippen LogP contribution in [0.2, 0.25) is 0 Å². The van der Waals surface area contributed by atoms with Crippen molar-refractivity contribution in [1.82, 2.24) is 19.7 Å². The van der Waals surface area contributed by atoms with E-state index in [0.29, 0.717) is 29.2 Å². The number of carbonyl (C=O) groups is 1. The van der Waals surface area contributed by atoms with Gasteiger partial charge in [-0.15, -0.1) is 0 Å². The maximum absolute atomic E-state index is 13.1. The standard InChI is InChI=1S/C21H23N5O3/c1-5-26-21(28)19(23-15-9-6-10-16(12-15)29-4)17(20(27)25(2)3)18(24-26)14-8-7-11-22-13-14/h6-13,23H,5H2,1-4H3. The molecule has 3 rings (SSSR count). The summed E-state index contributed by atoms with van der Waals surface area (Å²) < 4.78 is 6.59. The third-order valence-corrected chi connectivity index (χ3v) is 4.35. The molecule has 8 heteroatoms. The predicted octanol–water partition coefficient (Wildman–Crippen LogP) is 2.78. The van der Waals surface area contributed by atoms with Crippen LogP contribution in [-0.4, -0.2) is 46.8 Å². The third-order valence-electron chi connectivity index (χ3n) is 4.35. The summed E-state index contributed by atoms with van der Waals surface area (Å²) in [7, 11) is 4.84. The van der Waals surface area contributed by atoms with Gasteiger partial charge in [-0.2, -0.15) is 5.10 Å². The second kappa shape index (κ2) is 8.55. The van der Waals surface area contributed by atoms with Crippen LogP contribution < -0.4 is 15.6 Å². The van der Waals surface area contributed by atoms with E-state index in [0.717, 1.165) is 0 Å². The Morgan fingerprint density at radius 2 is 2.03 bits per heavy atom. The highest BCUT2D eigenvalue weighted by Crippen LogP contribution is 2.28. The summed E-state index contributed by atoms with van der Waals surface area (Å²) in [5.74, 6) is 0.301. The van der Waals surface area contributed by atoms with Crippen LogP contribution in [0.15, 0.2) is 53.6 Å². The molecular formula is C21H23N5O3. The molecule has 1 N–H and O–H groups in total.